The molecule has 5 nitrogen and oxygen atoms in total. The van der Waals surface area contributed by atoms with Crippen LogP contribution in [0.2, 0.25) is 0 Å². The van der Waals surface area contributed by atoms with E-state index < -0.39 is 25.1 Å². The first-order chi connectivity index (χ1) is 11.5. The molecule has 126 valence electrons. The van der Waals surface area contributed by atoms with E-state index in [0.717, 1.165) is 0 Å². The normalized spacial score (nSPS) is 10.3. The van der Waals surface area contributed by atoms with Crippen molar-refractivity contribution in [3.63, 3.8) is 0 Å². The van der Waals surface area contributed by atoms with E-state index in [4.69, 9.17) is 4.74 Å². The molecule has 0 radical (unpaired) electrons. The Morgan fingerprint density at radius 1 is 1.08 bits per heavy atom. The van der Waals surface area contributed by atoms with E-state index >= 15 is 0 Å². The van der Waals surface area contributed by atoms with Crippen molar-refractivity contribution in [2.24, 2.45) is 0 Å². The fraction of sp³-hybridized carbons (Fsp3) is 0.125. The molecule has 0 bridgehead atoms. The van der Waals surface area contributed by atoms with E-state index in [2.05, 4.69) is 10.1 Å². The Morgan fingerprint density at radius 3 is 2.46 bits per heavy atom. The minimum Gasteiger partial charge on any atom is -0.452 e. The predicted molar refractivity (Wildman–Crippen MR) is 91.1 cm³/mol. The van der Waals surface area contributed by atoms with Crippen molar-refractivity contribution in [3.8, 4) is 5.75 Å². The lowest BCUT2D eigenvalue weighted by atomic mass is 10.2. The number of hydrogen-bond donors (Lipinski definition) is 1. The predicted octanol–water partition coefficient (Wildman–Crippen LogP) is 3.69. The molecule has 0 aliphatic rings. The van der Waals surface area contributed by atoms with Gasteiger partial charge in [0, 0.05) is 3.57 Å². The zero-order valence-corrected chi connectivity index (χ0v) is 14.3. The molecule has 0 saturated heterocycles. The summed E-state index contributed by atoms with van der Waals surface area (Å²) in [4.78, 5) is 23.7. The van der Waals surface area contributed by atoms with Crippen LogP contribution in [0.25, 0.3) is 0 Å². The van der Waals surface area contributed by atoms with Gasteiger partial charge in [0.25, 0.3) is 5.91 Å². The van der Waals surface area contributed by atoms with Gasteiger partial charge in [-0.2, -0.15) is 8.78 Å². The molecule has 0 heterocycles. The SMILES string of the molecule is O=C(COC(=O)c1ccccc1I)Nc1ccccc1OC(F)F. The number of nitrogens with one attached hydrogen (secondary N) is 1. The summed E-state index contributed by atoms with van der Waals surface area (Å²) in [6.07, 6.45) is 0. The number of amides is 1. The summed E-state index contributed by atoms with van der Waals surface area (Å²) in [5, 5.41) is 2.36. The van der Waals surface area contributed by atoms with Gasteiger partial charge in [-0.1, -0.05) is 24.3 Å². The quantitative estimate of drug-likeness (QED) is 0.542. The fourth-order valence-corrected chi connectivity index (χ4v) is 2.40. The van der Waals surface area contributed by atoms with Crippen molar-refractivity contribution in [2.45, 2.75) is 6.61 Å². The van der Waals surface area contributed by atoms with Gasteiger partial charge in [-0.05, 0) is 46.9 Å². The smallest absolute Gasteiger partial charge is 0.387 e. The number of anilines is 1. The minimum atomic E-state index is -3.01. The summed E-state index contributed by atoms with van der Waals surface area (Å²) < 4.78 is 34.5. The lowest BCUT2D eigenvalue weighted by molar-refractivity contribution is -0.119. The molecule has 2 aromatic rings. The fourth-order valence-electron chi connectivity index (χ4n) is 1.79. The van der Waals surface area contributed by atoms with E-state index in [1.807, 2.05) is 22.6 Å². The summed E-state index contributed by atoms with van der Waals surface area (Å²) >= 11 is 1.98. The second-order valence-corrected chi connectivity index (χ2v) is 5.64. The third-order valence-electron chi connectivity index (χ3n) is 2.81. The largest absolute Gasteiger partial charge is 0.452 e. The van der Waals surface area contributed by atoms with E-state index in [1.54, 1.807) is 30.3 Å². The number of rotatable bonds is 6. The number of carbonyl (C=O) groups is 2. The Balaban J connectivity index is 1.95. The van der Waals surface area contributed by atoms with Crippen LogP contribution in [0.4, 0.5) is 14.5 Å². The van der Waals surface area contributed by atoms with Gasteiger partial charge >= 0.3 is 12.6 Å². The highest BCUT2D eigenvalue weighted by atomic mass is 127. The first-order valence-electron chi connectivity index (χ1n) is 6.72. The van der Waals surface area contributed by atoms with Crippen LogP contribution in [0, 0.1) is 3.57 Å². The van der Waals surface area contributed by atoms with Crippen LogP contribution in [0.1, 0.15) is 10.4 Å². The van der Waals surface area contributed by atoms with E-state index in [-0.39, 0.29) is 11.4 Å². The van der Waals surface area contributed by atoms with Crippen LogP contribution >= 0.6 is 22.6 Å². The zero-order valence-electron chi connectivity index (χ0n) is 12.2. The first-order valence-corrected chi connectivity index (χ1v) is 7.80. The first kappa shape index (κ1) is 18.1. The van der Waals surface area contributed by atoms with Crippen molar-refractivity contribution in [2.75, 3.05) is 11.9 Å². The van der Waals surface area contributed by atoms with Crippen LogP contribution in [-0.2, 0) is 9.53 Å². The average Bonchev–Trinajstić information content (AvgIpc) is 2.54. The number of hydrogen-bond acceptors (Lipinski definition) is 4. The van der Waals surface area contributed by atoms with Gasteiger partial charge in [0.2, 0.25) is 0 Å². The Bertz CT molecular complexity index is 740. The van der Waals surface area contributed by atoms with Crippen LogP contribution in [0.15, 0.2) is 48.5 Å². The molecule has 0 saturated carbocycles. The molecule has 0 aromatic heterocycles. The van der Waals surface area contributed by atoms with Crippen molar-refractivity contribution in [3.05, 3.63) is 57.7 Å². The highest BCUT2D eigenvalue weighted by Crippen LogP contribution is 2.25. The number of halogens is 3. The lowest BCUT2D eigenvalue weighted by Gasteiger charge is -2.12. The molecule has 2 rings (SSSR count). The summed E-state index contributed by atoms with van der Waals surface area (Å²) in [5.41, 5.74) is 0.403. The molecule has 0 spiro atoms. The Labute approximate surface area is 150 Å². The molecule has 0 aliphatic heterocycles. The van der Waals surface area contributed by atoms with Crippen LogP contribution in [-0.4, -0.2) is 25.1 Å². The maximum Gasteiger partial charge on any atom is 0.387 e. The van der Waals surface area contributed by atoms with Gasteiger partial charge < -0.3 is 14.8 Å². The molecule has 8 heteroatoms. The summed E-state index contributed by atoms with van der Waals surface area (Å²) in [7, 11) is 0. The second-order valence-electron chi connectivity index (χ2n) is 4.48. The van der Waals surface area contributed by atoms with Gasteiger partial charge in [0.1, 0.15) is 5.75 Å². The summed E-state index contributed by atoms with van der Waals surface area (Å²) in [6, 6.07) is 12.5. The highest BCUT2D eigenvalue weighted by Gasteiger charge is 2.15. The molecule has 24 heavy (non-hydrogen) atoms. The van der Waals surface area contributed by atoms with E-state index in [0.29, 0.717) is 9.13 Å². The minimum absolute atomic E-state index is 0.0631. The third kappa shape index (κ3) is 5.15. The van der Waals surface area contributed by atoms with Crippen LogP contribution < -0.4 is 10.1 Å². The van der Waals surface area contributed by atoms with Crippen molar-refractivity contribution in [1.29, 1.82) is 0 Å². The molecule has 2 aromatic carbocycles. The average molecular weight is 447 g/mol. The van der Waals surface area contributed by atoms with Crippen LogP contribution in [0.5, 0.6) is 5.75 Å². The molecular weight excluding hydrogens is 435 g/mol. The summed E-state index contributed by atoms with van der Waals surface area (Å²) in [5.74, 6) is -1.49. The van der Waals surface area contributed by atoms with E-state index in [9.17, 15) is 18.4 Å². The molecule has 1 amide bonds. The van der Waals surface area contributed by atoms with Gasteiger partial charge in [-0.3, -0.25) is 4.79 Å². The number of benzene rings is 2. The van der Waals surface area contributed by atoms with Gasteiger partial charge in [0.15, 0.2) is 6.61 Å². The molecule has 1 N–H and O–H groups in total. The number of para-hydroxylation sites is 2. The zero-order chi connectivity index (χ0) is 17.5. The molecule has 0 unspecified atom stereocenters. The lowest BCUT2D eigenvalue weighted by Crippen LogP contribution is -2.21. The van der Waals surface area contributed by atoms with Gasteiger partial charge in [0.05, 0.1) is 11.3 Å². The van der Waals surface area contributed by atoms with Crippen molar-refractivity contribution >= 4 is 40.2 Å². The highest BCUT2D eigenvalue weighted by molar-refractivity contribution is 14.1. The second kappa shape index (κ2) is 8.57. The number of carbonyl (C=O) groups excluding carboxylic acids is 2. The molecule has 0 fully saturated rings. The summed E-state index contributed by atoms with van der Waals surface area (Å²) in [6.45, 7) is -3.56. The van der Waals surface area contributed by atoms with E-state index in [1.165, 1.54) is 18.2 Å². The Kier molecular flexibility index (Phi) is 6.47. The Hall–Kier alpha value is -2.23. The monoisotopic (exact) mass is 447 g/mol. The number of esters is 1. The third-order valence-corrected chi connectivity index (χ3v) is 3.75. The van der Waals surface area contributed by atoms with Crippen molar-refractivity contribution < 1.29 is 27.8 Å². The van der Waals surface area contributed by atoms with Crippen molar-refractivity contribution in [1.82, 2.24) is 0 Å². The Morgan fingerprint density at radius 2 is 1.75 bits per heavy atom. The number of ether oxygens (including phenoxy) is 2. The maximum absolute atomic E-state index is 12.3. The molecule has 0 atom stereocenters. The molecule has 0 aliphatic carbocycles. The standard InChI is InChI=1S/C16H12F2INO4/c17-16(18)24-13-8-4-3-7-12(13)20-14(21)9-23-15(22)10-5-1-2-6-11(10)19/h1-8,16H,9H2,(H,20,21). The maximum atomic E-state index is 12.3. The van der Waals surface area contributed by atoms with Gasteiger partial charge in [-0.25, -0.2) is 4.79 Å². The van der Waals surface area contributed by atoms with Gasteiger partial charge in [-0.15, -0.1) is 0 Å². The van der Waals surface area contributed by atoms with Crippen LogP contribution in [0.3, 0.4) is 0 Å². The number of alkyl halides is 2. The topological polar surface area (TPSA) is 64.6 Å². The molecular formula is C16H12F2INO4.